The molecule has 0 N–H and O–H groups in total. The van der Waals surface area contributed by atoms with Gasteiger partial charge in [0.2, 0.25) is 5.82 Å². The van der Waals surface area contributed by atoms with E-state index in [1.54, 1.807) is 0 Å². The van der Waals surface area contributed by atoms with E-state index >= 15 is 0 Å². The molecule has 0 radical (unpaired) electrons. The van der Waals surface area contributed by atoms with Crippen LogP contribution in [0.2, 0.25) is 0 Å². The fraction of sp³-hybridized carbons (Fsp3) is 0.800. The zero-order valence-corrected chi connectivity index (χ0v) is 10.7. The summed E-state index contributed by atoms with van der Waals surface area (Å²) in [6.45, 7) is 9.22. The Morgan fingerprint density at radius 3 is 2.56 bits per heavy atom. The van der Waals surface area contributed by atoms with Crippen molar-refractivity contribution in [3.05, 3.63) is 0 Å². The van der Waals surface area contributed by atoms with Crippen LogP contribution in [-0.2, 0) is 4.74 Å². The molecule has 2 heterocycles. The molecule has 90 valence electrons. The second-order valence-electron chi connectivity index (χ2n) is 4.71. The van der Waals surface area contributed by atoms with E-state index in [1.165, 1.54) is 11.7 Å². The molecule has 1 aromatic rings. The number of anilines is 1. The largest absolute Gasteiger partial charge is 0.469 e. The molecule has 1 fully saturated rings. The standard InChI is InChI=1S/C10H17N3O2S/c1-10(2,3)15-9-8(11-16-12-9)13-4-6-14-7-5-13/h4-7H2,1-3H3. The maximum absolute atomic E-state index is 5.78. The number of ether oxygens (including phenoxy) is 2. The number of nitrogens with zero attached hydrogens (tertiary/aromatic N) is 3. The Labute approximate surface area is 99.7 Å². The molecule has 1 aliphatic heterocycles. The number of aromatic nitrogens is 2. The smallest absolute Gasteiger partial charge is 0.271 e. The summed E-state index contributed by atoms with van der Waals surface area (Å²) < 4.78 is 19.6. The molecule has 0 amide bonds. The summed E-state index contributed by atoms with van der Waals surface area (Å²) in [6.07, 6.45) is 0. The molecule has 5 nitrogen and oxygen atoms in total. The molecule has 1 aromatic heterocycles. The molecule has 2 rings (SSSR count). The van der Waals surface area contributed by atoms with E-state index in [1.807, 2.05) is 20.8 Å². The zero-order chi connectivity index (χ0) is 11.6. The molecule has 16 heavy (non-hydrogen) atoms. The van der Waals surface area contributed by atoms with Crippen LogP contribution in [-0.4, -0.2) is 40.7 Å². The van der Waals surface area contributed by atoms with E-state index < -0.39 is 0 Å². The van der Waals surface area contributed by atoms with Crippen molar-refractivity contribution in [3.63, 3.8) is 0 Å². The Morgan fingerprint density at radius 1 is 1.25 bits per heavy atom. The van der Waals surface area contributed by atoms with Gasteiger partial charge in [0.1, 0.15) is 5.60 Å². The average Bonchev–Trinajstić information content (AvgIpc) is 2.64. The van der Waals surface area contributed by atoms with Gasteiger partial charge in [-0.15, -0.1) is 4.37 Å². The summed E-state index contributed by atoms with van der Waals surface area (Å²) in [6, 6.07) is 0. The van der Waals surface area contributed by atoms with E-state index in [0.717, 1.165) is 32.1 Å². The minimum Gasteiger partial charge on any atom is -0.469 e. The lowest BCUT2D eigenvalue weighted by atomic mass is 10.2. The SMILES string of the molecule is CC(C)(C)Oc1nsnc1N1CCOCC1. The monoisotopic (exact) mass is 243 g/mol. The van der Waals surface area contributed by atoms with Crippen molar-refractivity contribution in [1.82, 2.24) is 8.75 Å². The highest BCUT2D eigenvalue weighted by atomic mass is 32.1. The van der Waals surface area contributed by atoms with E-state index in [2.05, 4.69) is 13.6 Å². The molecular weight excluding hydrogens is 226 g/mol. The molecule has 1 aliphatic rings. The van der Waals surface area contributed by atoms with Crippen molar-refractivity contribution in [1.29, 1.82) is 0 Å². The fourth-order valence-electron chi connectivity index (χ4n) is 1.50. The summed E-state index contributed by atoms with van der Waals surface area (Å²) in [7, 11) is 0. The Balaban J connectivity index is 2.11. The predicted octanol–water partition coefficient (Wildman–Crippen LogP) is 1.55. The fourth-order valence-corrected chi connectivity index (χ4v) is 2.00. The summed E-state index contributed by atoms with van der Waals surface area (Å²) in [5, 5.41) is 0. The van der Waals surface area contributed by atoms with Gasteiger partial charge in [0, 0.05) is 13.1 Å². The molecule has 0 unspecified atom stereocenters. The van der Waals surface area contributed by atoms with Gasteiger partial charge >= 0.3 is 0 Å². The van der Waals surface area contributed by atoms with Crippen LogP contribution >= 0.6 is 11.7 Å². The quantitative estimate of drug-likeness (QED) is 0.788. The van der Waals surface area contributed by atoms with Gasteiger partial charge in [0.15, 0.2) is 0 Å². The Kier molecular flexibility index (Phi) is 3.30. The second kappa shape index (κ2) is 4.55. The first-order valence-corrected chi connectivity index (χ1v) is 6.13. The molecular formula is C10H17N3O2S. The van der Waals surface area contributed by atoms with Gasteiger partial charge in [-0.25, -0.2) is 0 Å². The van der Waals surface area contributed by atoms with E-state index in [9.17, 15) is 0 Å². The number of hydrogen-bond acceptors (Lipinski definition) is 6. The zero-order valence-electron chi connectivity index (χ0n) is 9.89. The normalized spacial score (nSPS) is 17.6. The average molecular weight is 243 g/mol. The van der Waals surface area contributed by atoms with Gasteiger partial charge in [-0.1, -0.05) is 0 Å². The molecule has 0 aromatic carbocycles. The van der Waals surface area contributed by atoms with Crippen molar-refractivity contribution in [3.8, 4) is 5.88 Å². The number of hydrogen-bond donors (Lipinski definition) is 0. The first kappa shape index (κ1) is 11.6. The van der Waals surface area contributed by atoms with Crippen LogP contribution in [0.25, 0.3) is 0 Å². The van der Waals surface area contributed by atoms with E-state index in [4.69, 9.17) is 9.47 Å². The topological polar surface area (TPSA) is 47.5 Å². The van der Waals surface area contributed by atoms with Crippen molar-refractivity contribution >= 4 is 17.5 Å². The maximum Gasteiger partial charge on any atom is 0.271 e. The van der Waals surface area contributed by atoms with Gasteiger partial charge in [-0.2, -0.15) is 4.37 Å². The van der Waals surface area contributed by atoms with Crippen LogP contribution in [0.5, 0.6) is 5.88 Å². The third kappa shape index (κ3) is 2.82. The van der Waals surface area contributed by atoms with Crippen LogP contribution in [0.4, 0.5) is 5.82 Å². The molecule has 0 atom stereocenters. The highest BCUT2D eigenvalue weighted by Gasteiger charge is 2.23. The lowest BCUT2D eigenvalue weighted by Crippen LogP contribution is -2.37. The number of morpholine rings is 1. The van der Waals surface area contributed by atoms with Crippen LogP contribution in [0, 0.1) is 0 Å². The van der Waals surface area contributed by atoms with Gasteiger partial charge in [0.05, 0.1) is 24.9 Å². The van der Waals surface area contributed by atoms with Crippen molar-refractivity contribution in [2.75, 3.05) is 31.2 Å². The van der Waals surface area contributed by atoms with Gasteiger partial charge in [-0.3, -0.25) is 0 Å². The molecule has 0 bridgehead atoms. The third-order valence-electron chi connectivity index (χ3n) is 2.16. The van der Waals surface area contributed by atoms with Crippen LogP contribution < -0.4 is 9.64 Å². The van der Waals surface area contributed by atoms with Gasteiger partial charge < -0.3 is 14.4 Å². The molecule has 0 aliphatic carbocycles. The Bertz CT molecular complexity index is 342. The van der Waals surface area contributed by atoms with Crippen molar-refractivity contribution < 1.29 is 9.47 Å². The molecule has 1 saturated heterocycles. The lowest BCUT2D eigenvalue weighted by Gasteiger charge is -2.28. The van der Waals surface area contributed by atoms with E-state index in [-0.39, 0.29) is 5.60 Å². The van der Waals surface area contributed by atoms with Crippen LogP contribution in [0.3, 0.4) is 0 Å². The second-order valence-corrected chi connectivity index (χ2v) is 5.24. The van der Waals surface area contributed by atoms with E-state index in [0.29, 0.717) is 5.88 Å². The maximum atomic E-state index is 5.78. The third-order valence-corrected chi connectivity index (χ3v) is 2.66. The first-order chi connectivity index (χ1) is 7.56. The Morgan fingerprint density at radius 2 is 1.94 bits per heavy atom. The minimum atomic E-state index is -0.239. The first-order valence-electron chi connectivity index (χ1n) is 5.40. The Hall–Kier alpha value is -0.880. The summed E-state index contributed by atoms with van der Waals surface area (Å²) in [5.74, 6) is 1.49. The molecule has 0 saturated carbocycles. The van der Waals surface area contributed by atoms with Crippen LogP contribution in [0.1, 0.15) is 20.8 Å². The van der Waals surface area contributed by atoms with Crippen molar-refractivity contribution in [2.45, 2.75) is 26.4 Å². The summed E-state index contributed by atoms with van der Waals surface area (Å²) in [5.41, 5.74) is -0.239. The minimum absolute atomic E-state index is 0.239. The van der Waals surface area contributed by atoms with Gasteiger partial charge in [-0.05, 0) is 20.8 Å². The predicted molar refractivity (Wildman–Crippen MR) is 63.3 cm³/mol. The highest BCUT2D eigenvalue weighted by Crippen LogP contribution is 2.29. The highest BCUT2D eigenvalue weighted by molar-refractivity contribution is 6.99. The molecule has 0 spiro atoms. The lowest BCUT2D eigenvalue weighted by molar-refractivity contribution is 0.116. The summed E-state index contributed by atoms with van der Waals surface area (Å²) >= 11 is 1.19. The number of rotatable bonds is 2. The van der Waals surface area contributed by atoms with Gasteiger partial charge in [0.25, 0.3) is 5.88 Å². The van der Waals surface area contributed by atoms with Crippen molar-refractivity contribution in [2.24, 2.45) is 0 Å². The molecule has 6 heteroatoms. The van der Waals surface area contributed by atoms with Crippen LogP contribution in [0.15, 0.2) is 0 Å². The summed E-state index contributed by atoms with van der Waals surface area (Å²) in [4.78, 5) is 2.16.